The van der Waals surface area contributed by atoms with Crippen LogP contribution in [0, 0.1) is 6.92 Å². The van der Waals surface area contributed by atoms with Crippen LogP contribution in [0.5, 0.6) is 0 Å². The van der Waals surface area contributed by atoms with Gasteiger partial charge in [-0.2, -0.15) is 0 Å². The highest BCUT2D eigenvalue weighted by Gasteiger charge is 2.11. The van der Waals surface area contributed by atoms with Crippen LogP contribution in [0.25, 0.3) is 0 Å². The number of aromatic nitrogens is 3. The summed E-state index contributed by atoms with van der Waals surface area (Å²) in [6.07, 6.45) is 1.68. The molecule has 6 heteroatoms. The van der Waals surface area contributed by atoms with Crippen molar-refractivity contribution in [2.45, 2.75) is 19.9 Å². The first kappa shape index (κ1) is 10.9. The number of nitrogens with one attached hydrogen (secondary N) is 1. The summed E-state index contributed by atoms with van der Waals surface area (Å²) in [5.41, 5.74) is 0. The third-order valence-corrected chi connectivity index (χ3v) is 2.21. The average molecular weight is 239 g/mol. The Kier molecular flexibility index (Phi) is 3.05. The predicted molar refractivity (Wildman–Crippen MR) is 60.3 cm³/mol. The smallest absolute Gasteiger partial charge is 0.216 e. The molecular weight excluding hydrogens is 228 g/mol. The van der Waals surface area contributed by atoms with Crippen LogP contribution in [0.15, 0.2) is 22.7 Å². The van der Waals surface area contributed by atoms with Gasteiger partial charge in [-0.15, -0.1) is 10.2 Å². The van der Waals surface area contributed by atoms with Crippen molar-refractivity contribution in [1.82, 2.24) is 15.2 Å². The van der Waals surface area contributed by atoms with Gasteiger partial charge in [0.15, 0.2) is 5.15 Å². The molecule has 0 saturated carbocycles. The van der Waals surface area contributed by atoms with Crippen LogP contribution in [-0.2, 0) is 0 Å². The van der Waals surface area contributed by atoms with Gasteiger partial charge >= 0.3 is 0 Å². The molecule has 0 aliphatic carbocycles. The zero-order valence-corrected chi connectivity index (χ0v) is 9.69. The molecule has 0 aliphatic rings. The summed E-state index contributed by atoms with van der Waals surface area (Å²) in [5.74, 6) is 2.04. The van der Waals surface area contributed by atoms with Crippen LogP contribution >= 0.6 is 11.6 Å². The van der Waals surface area contributed by atoms with Gasteiger partial charge in [0.1, 0.15) is 17.6 Å². The molecular formula is C10H11ClN4O. The zero-order chi connectivity index (χ0) is 11.5. The maximum Gasteiger partial charge on any atom is 0.216 e. The van der Waals surface area contributed by atoms with Gasteiger partial charge in [0, 0.05) is 0 Å². The summed E-state index contributed by atoms with van der Waals surface area (Å²) in [4.78, 5) is 4.13. The second-order valence-corrected chi connectivity index (χ2v) is 3.80. The predicted octanol–water partition coefficient (Wildman–Crippen LogP) is 2.60. The molecule has 1 atom stereocenters. The molecule has 5 nitrogen and oxygen atoms in total. The highest BCUT2D eigenvalue weighted by atomic mass is 35.5. The Morgan fingerprint density at radius 2 is 2.19 bits per heavy atom. The van der Waals surface area contributed by atoms with Gasteiger partial charge in [0.2, 0.25) is 5.89 Å². The molecule has 0 aliphatic heterocycles. The fourth-order valence-electron chi connectivity index (χ4n) is 1.25. The van der Waals surface area contributed by atoms with Gasteiger partial charge in [-0.05, 0) is 26.0 Å². The molecule has 0 spiro atoms. The first-order chi connectivity index (χ1) is 7.65. The van der Waals surface area contributed by atoms with Crippen LogP contribution in [0.1, 0.15) is 24.6 Å². The van der Waals surface area contributed by atoms with Crippen LogP contribution in [-0.4, -0.2) is 15.2 Å². The number of aryl methyl sites for hydroxylation is 1. The van der Waals surface area contributed by atoms with E-state index in [2.05, 4.69) is 20.5 Å². The molecule has 2 aromatic rings. The van der Waals surface area contributed by atoms with Crippen molar-refractivity contribution in [3.05, 3.63) is 35.1 Å². The lowest BCUT2D eigenvalue weighted by Gasteiger charge is -2.09. The van der Waals surface area contributed by atoms with Crippen molar-refractivity contribution in [2.24, 2.45) is 0 Å². The third-order valence-electron chi connectivity index (χ3n) is 2.01. The van der Waals surface area contributed by atoms with E-state index < -0.39 is 0 Å². The normalized spacial score (nSPS) is 12.4. The fourth-order valence-corrected chi connectivity index (χ4v) is 1.35. The molecule has 2 aromatic heterocycles. The number of anilines is 1. The van der Waals surface area contributed by atoms with E-state index in [-0.39, 0.29) is 6.04 Å². The number of halogens is 1. The van der Waals surface area contributed by atoms with E-state index >= 15 is 0 Å². The Hall–Kier alpha value is -1.62. The Morgan fingerprint density at radius 3 is 2.75 bits per heavy atom. The summed E-state index contributed by atoms with van der Waals surface area (Å²) in [6, 6.07) is 3.36. The van der Waals surface area contributed by atoms with Crippen molar-refractivity contribution < 1.29 is 4.42 Å². The molecule has 2 heterocycles. The Balaban J connectivity index is 2.07. The van der Waals surface area contributed by atoms with E-state index in [1.807, 2.05) is 13.8 Å². The number of hydrogen-bond donors (Lipinski definition) is 1. The molecule has 0 saturated heterocycles. The first-order valence-electron chi connectivity index (χ1n) is 4.83. The van der Waals surface area contributed by atoms with Crippen molar-refractivity contribution in [2.75, 3.05) is 5.32 Å². The van der Waals surface area contributed by atoms with Gasteiger partial charge in [-0.1, -0.05) is 11.6 Å². The molecule has 2 rings (SSSR count). The van der Waals surface area contributed by atoms with Gasteiger partial charge in [-0.25, -0.2) is 4.98 Å². The molecule has 0 bridgehead atoms. The number of rotatable bonds is 3. The maximum absolute atomic E-state index is 5.64. The monoisotopic (exact) mass is 238 g/mol. The second kappa shape index (κ2) is 4.49. The molecule has 0 fully saturated rings. The van der Waals surface area contributed by atoms with E-state index in [4.69, 9.17) is 16.0 Å². The van der Waals surface area contributed by atoms with Gasteiger partial charge in [0.05, 0.1) is 6.20 Å². The van der Waals surface area contributed by atoms with Crippen LogP contribution in [0.3, 0.4) is 0 Å². The van der Waals surface area contributed by atoms with Gasteiger partial charge in [-0.3, -0.25) is 0 Å². The quantitative estimate of drug-likeness (QED) is 0.891. The van der Waals surface area contributed by atoms with E-state index in [1.54, 1.807) is 18.3 Å². The van der Waals surface area contributed by atoms with Crippen molar-refractivity contribution in [3.63, 3.8) is 0 Å². The summed E-state index contributed by atoms with van der Waals surface area (Å²) in [6.45, 7) is 3.78. The highest BCUT2D eigenvalue weighted by molar-refractivity contribution is 6.29. The van der Waals surface area contributed by atoms with Crippen LogP contribution in [0.4, 0.5) is 5.82 Å². The summed E-state index contributed by atoms with van der Waals surface area (Å²) in [5, 5.41) is 11.1. The summed E-state index contributed by atoms with van der Waals surface area (Å²) in [7, 11) is 0. The Bertz CT molecular complexity index is 468. The Labute approximate surface area is 97.9 Å². The van der Waals surface area contributed by atoms with Gasteiger partial charge < -0.3 is 9.73 Å². The van der Waals surface area contributed by atoms with Crippen LogP contribution < -0.4 is 5.32 Å². The number of oxazole rings is 1. The third kappa shape index (κ3) is 2.49. The van der Waals surface area contributed by atoms with Gasteiger partial charge in [0.25, 0.3) is 0 Å². The molecule has 1 unspecified atom stereocenters. The largest absolute Gasteiger partial charge is 0.444 e. The highest BCUT2D eigenvalue weighted by Crippen LogP contribution is 2.17. The SMILES string of the molecule is Cc1cnc(C(C)Nc2ccc(Cl)nn2)o1. The topological polar surface area (TPSA) is 63.8 Å². The van der Waals surface area contributed by atoms with E-state index in [0.29, 0.717) is 16.9 Å². The minimum atomic E-state index is -0.0656. The molecule has 1 N–H and O–H groups in total. The second-order valence-electron chi connectivity index (χ2n) is 3.42. The fraction of sp³-hybridized carbons (Fsp3) is 0.300. The summed E-state index contributed by atoms with van der Waals surface area (Å²) >= 11 is 5.64. The minimum Gasteiger partial charge on any atom is -0.444 e. The lowest BCUT2D eigenvalue weighted by atomic mass is 10.3. The van der Waals surface area contributed by atoms with E-state index in [9.17, 15) is 0 Å². The van der Waals surface area contributed by atoms with Crippen molar-refractivity contribution in [3.8, 4) is 0 Å². The van der Waals surface area contributed by atoms with Crippen molar-refractivity contribution in [1.29, 1.82) is 0 Å². The Morgan fingerprint density at radius 1 is 1.38 bits per heavy atom. The molecule has 0 radical (unpaired) electrons. The minimum absolute atomic E-state index is 0.0656. The average Bonchev–Trinajstić information content (AvgIpc) is 2.68. The zero-order valence-electron chi connectivity index (χ0n) is 8.94. The molecule has 84 valence electrons. The maximum atomic E-state index is 5.64. The van der Waals surface area contributed by atoms with E-state index in [0.717, 1.165) is 5.76 Å². The first-order valence-corrected chi connectivity index (χ1v) is 5.21. The van der Waals surface area contributed by atoms with Crippen LogP contribution in [0.2, 0.25) is 5.15 Å². The lowest BCUT2D eigenvalue weighted by molar-refractivity contribution is 0.453. The molecule has 0 aromatic carbocycles. The van der Waals surface area contributed by atoms with Crippen molar-refractivity contribution >= 4 is 17.4 Å². The summed E-state index contributed by atoms with van der Waals surface area (Å²) < 4.78 is 5.39. The van der Waals surface area contributed by atoms with E-state index in [1.165, 1.54) is 0 Å². The number of nitrogens with zero attached hydrogens (tertiary/aromatic N) is 3. The number of hydrogen-bond acceptors (Lipinski definition) is 5. The lowest BCUT2D eigenvalue weighted by Crippen LogP contribution is -2.08. The standard InChI is InChI=1S/C10H11ClN4O/c1-6-5-12-10(16-6)7(2)13-9-4-3-8(11)14-15-9/h3-5,7H,1-2H3,(H,13,15). The molecule has 0 amide bonds. The molecule has 16 heavy (non-hydrogen) atoms.